The van der Waals surface area contributed by atoms with Crippen LogP contribution in [0.15, 0.2) is 30.3 Å². The van der Waals surface area contributed by atoms with Crippen molar-refractivity contribution in [3.8, 4) is 0 Å². The third kappa shape index (κ3) is 2.92. The van der Waals surface area contributed by atoms with Crippen molar-refractivity contribution >= 4 is 17.5 Å². The number of hydrogen-bond donors (Lipinski definition) is 1. The first kappa shape index (κ1) is 15.9. The van der Waals surface area contributed by atoms with Crippen LogP contribution in [0.5, 0.6) is 0 Å². The van der Waals surface area contributed by atoms with E-state index in [4.69, 9.17) is 0 Å². The van der Waals surface area contributed by atoms with E-state index < -0.39 is 0 Å². The van der Waals surface area contributed by atoms with E-state index in [0.717, 1.165) is 37.3 Å². The molecule has 0 spiro atoms. The molecule has 2 amide bonds. The molecule has 6 nitrogen and oxygen atoms in total. The van der Waals surface area contributed by atoms with Crippen LogP contribution in [0.25, 0.3) is 0 Å². The second kappa shape index (κ2) is 6.35. The van der Waals surface area contributed by atoms with Gasteiger partial charge in [-0.2, -0.15) is 5.10 Å². The lowest BCUT2D eigenvalue weighted by molar-refractivity contribution is -0.127. The number of amides is 2. The Hall–Kier alpha value is -2.63. The van der Waals surface area contributed by atoms with Gasteiger partial charge in [0.1, 0.15) is 0 Å². The normalized spacial score (nSPS) is 19.6. The van der Waals surface area contributed by atoms with Crippen molar-refractivity contribution in [3.63, 3.8) is 0 Å². The zero-order valence-electron chi connectivity index (χ0n) is 14.4. The molecule has 0 unspecified atom stereocenters. The van der Waals surface area contributed by atoms with Gasteiger partial charge in [-0.1, -0.05) is 18.2 Å². The number of nitrogens with zero attached hydrogens (tertiary/aromatic N) is 3. The van der Waals surface area contributed by atoms with Gasteiger partial charge in [-0.05, 0) is 37.5 Å². The molecule has 0 radical (unpaired) electrons. The van der Waals surface area contributed by atoms with Crippen molar-refractivity contribution < 1.29 is 9.59 Å². The highest BCUT2D eigenvalue weighted by Crippen LogP contribution is 2.38. The number of anilines is 1. The minimum absolute atomic E-state index is 0.0726. The Labute approximate surface area is 146 Å². The summed E-state index contributed by atoms with van der Waals surface area (Å²) >= 11 is 0. The van der Waals surface area contributed by atoms with Gasteiger partial charge >= 0.3 is 0 Å². The van der Waals surface area contributed by atoms with Crippen LogP contribution in [0.3, 0.4) is 0 Å². The molecule has 0 saturated carbocycles. The van der Waals surface area contributed by atoms with E-state index in [1.54, 1.807) is 6.07 Å². The number of para-hydroxylation sites is 1. The maximum Gasteiger partial charge on any atom is 0.278 e. The van der Waals surface area contributed by atoms with Crippen LogP contribution < -0.4 is 4.90 Å². The van der Waals surface area contributed by atoms with Crippen molar-refractivity contribution in [2.75, 3.05) is 24.5 Å². The van der Waals surface area contributed by atoms with Gasteiger partial charge in [0.25, 0.3) is 5.91 Å². The summed E-state index contributed by atoms with van der Waals surface area (Å²) < 4.78 is 0. The third-order valence-corrected chi connectivity index (χ3v) is 5.16. The number of carbonyl (C=O) groups excluding carboxylic acids is 2. The molecule has 1 atom stereocenters. The number of aromatic amines is 1. The first-order chi connectivity index (χ1) is 12.1. The second-order valence-electron chi connectivity index (χ2n) is 6.88. The number of carbonyl (C=O) groups is 2. The SMILES string of the molecule is Cc1cc(C(=O)N2C[C@H](CCN3CCCC3=O)c3ccccc32)n[nH]1. The van der Waals surface area contributed by atoms with E-state index in [2.05, 4.69) is 16.3 Å². The Morgan fingerprint density at radius 3 is 2.92 bits per heavy atom. The fourth-order valence-electron chi connectivity index (χ4n) is 3.85. The van der Waals surface area contributed by atoms with Crippen LogP contribution in [0.1, 0.15) is 46.9 Å². The van der Waals surface area contributed by atoms with Gasteiger partial charge in [-0.3, -0.25) is 14.7 Å². The Kier molecular flexibility index (Phi) is 4.03. The summed E-state index contributed by atoms with van der Waals surface area (Å²) in [5.41, 5.74) is 3.48. The summed E-state index contributed by atoms with van der Waals surface area (Å²) in [4.78, 5) is 28.5. The summed E-state index contributed by atoms with van der Waals surface area (Å²) in [5.74, 6) is 0.441. The molecule has 130 valence electrons. The molecule has 4 rings (SSSR count). The Balaban J connectivity index is 1.53. The molecular formula is C19H22N4O2. The van der Waals surface area contributed by atoms with Crippen molar-refractivity contribution in [2.45, 2.75) is 32.1 Å². The molecule has 1 N–H and O–H groups in total. The molecule has 0 aliphatic carbocycles. The molecule has 1 fully saturated rings. The van der Waals surface area contributed by atoms with Gasteiger partial charge in [0, 0.05) is 43.4 Å². The van der Waals surface area contributed by atoms with Gasteiger partial charge in [0.2, 0.25) is 5.91 Å². The zero-order chi connectivity index (χ0) is 17.4. The summed E-state index contributed by atoms with van der Waals surface area (Å²) in [7, 11) is 0. The monoisotopic (exact) mass is 338 g/mol. The van der Waals surface area contributed by atoms with Crippen LogP contribution in [0, 0.1) is 6.92 Å². The summed E-state index contributed by atoms with van der Waals surface area (Å²) in [6.45, 7) is 4.16. The maximum absolute atomic E-state index is 12.9. The van der Waals surface area contributed by atoms with Gasteiger partial charge in [-0.25, -0.2) is 0 Å². The van der Waals surface area contributed by atoms with Gasteiger partial charge < -0.3 is 9.80 Å². The van der Waals surface area contributed by atoms with Crippen LogP contribution in [0.2, 0.25) is 0 Å². The fraction of sp³-hybridized carbons (Fsp3) is 0.421. The highest BCUT2D eigenvalue weighted by molar-refractivity contribution is 6.06. The van der Waals surface area contributed by atoms with E-state index in [1.165, 1.54) is 5.56 Å². The van der Waals surface area contributed by atoms with E-state index in [0.29, 0.717) is 18.7 Å². The average molecular weight is 338 g/mol. The van der Waals surface area contributed by atoms with Crippen molar-refractivity contribution in [2.24, 2.45) is 0 Å². The first-order valence-electron chi connectivity index (χ1n) is 8.84. The minimum Gasteiger partial charge on any atom is -0.343 e. The zero-order valence-corrected chi connectivity index (χ0v) is 14.4. The van der Waals surface area contributed by atoms with Crippen LogP contribution >= 0.6 is 0 Å². The molecule has 0 bridgehead atoms. The molecule has 1 aromatic carbocycles. The first-order valence-corrected chi connectivity index (χ1v) is 8.84. The number of hydrogen-bond acceptors (Lipinski definition) is 3. The quantitative estimate of drug-likeness (QED) is 0.931. The smallest absolute Gasteiger partial charge is 0.278 e. The predicted octanol–water partition coefficient (Wildman–Crippen LogP) is 2.47. The number of aromatic nitrogens is 2. The Morgan fingerprint density at radius 1 is 1.36 bits per heavy atom. The summed E-state index contributed by atoms with van der Waals surface area (Å²) in [6, 6.07) is 9.84. The standard InChI is InChI=1S/C19H22N4O2/c1-13-11-16(21-20-13)19(25)23-12-14(15-5-2-3-6-17(15)23)8-10-22-9-4-7-18(22)24/h2-3,5-6,11,14H,4,7-10,12H2,1H3,(H,20,21)/t14-/m0/s1. The largest absolute Gasteiger partial charge is 0.343 e. The van der Waals surface area contributed by atoms with Crippen molar-refractivity contribution in [1.82, 2.24) is 15.1 Å². The Bertz CT molecular complexity index is 813. The fourth-order valence-corrected chi connectivity index (χ4v) is 3.85. The molecule has 6 heteroatoms. The minimum atomic E-state index is -0.0726. The summed E-state index contributed by atoms with van der Waals surface area (Å²) in [5, 5.41) is 6.94. The van der Waals surface area contributed by atoms with Crippen molar-refractivity contribution in [3.05, 3.63) is 47.3 Å². The summed E-state index contributed by atoms with van der Waals surface area (Å²) in [6.07, 6.45) is 2.51. The highest BCUT2D eigenvalue weighted by Gasteiger charge is 2.34. The van der Waals surface area contributed by atoms with Crippen molar-refractivity contribution in [1.29, 1.82) is 0 Å². The van der Waals surface area contributed by atoms with Crippen LogP contribution in [-0.2, 0) is 4.79 Å². The lowest BCUT2D eigenvalue weighted by Crippen LogP contribution is -2.31. The number of nitrogens with one attached hydrogen (secondary N) is 1. The van der Waals surface area contributed by atoms with E-state index >= 15 is 0 Å². The maximum atomic E-state index is 12.9. The van der Waals surface area contributed by atoms with E-state index in [9.17, 15) is 9.59 Å². The lowest BCUT2D eigenvalue weighted by atomic mass is 9.98. The predicted molar refractivity (Wildman–Crippen MR) is 94.6 cm³/mol. The molecule has 2 aliphatic heterocycles. The van der Waals surface area contributed by atoms with Gasteiger partial charge in [0.15, 0.2) is 5.69 Å². The van der Waals surface area contributed by atoms with Crippen LogP contribution in [0.4, 0.5) is 5.69 Å². The second-order valence-corrected chi connectivity index (χ2v) is 6.88. The number of rotatable bonds is 4. The lowest BCUT2D eigenvalue weighted by Gasteiger charge is -2.19. The molecule has 25 heavy (non-hydrogen) atoms. The van der Waals surface area contributed by atoms with Gasteiger partial charge in [-0.15, -0.1) is 0 Å². The molecular weight excluding hydrogens is 316 g/mol. The molecule has 1 aromatic heterocycles. The number of benzene rings is 1. The molecule has 2 aromatic rings. The molecule has 1 saturated heterocycles. The number of likely N-dealkylation sites (tertiary alicyclic amines) is 1. The average Bonchev–Trinajstić information content (AvgIpc) is 3.31. The van der Waals surface area contributed by atoms with Crippen LogP contribution in [-0.4, -0.2) is 46.5 Å². The number of fused-ring (bicyclic) bond motifs is 1. The van der Waals surface area contributed by atoms with Gasteiger partial charge in [0.05, 0.1) is 0 Å². The number of aryl methyl sites for hydroxylation is 1. The van der Waals surface area contributed by atoms with E-state index in [1.807, 2.05) is 34.9 Å². The molecule has 2 aliphatic rings. The Morgan fingerprint density at radius 2 is 2.20 bits per heavy atom. The number of H-pyrrole nitrogens is 1. The topological polar surface area (TPSA) is 69.3 Å². The van der Waals surface area contributed by atoms with E-state index in [-0.39, 0.29) is 17.7 Å². The third-order valence-electron chi connectivity index (χ3n) is 5.16. The molecule has 3 heterocycles. The highest BCUT2D eigenvalue weighted by atomic mass is 16.2.